The van der Waals surface area contributed by atoms with Crippen LogP contribution in [-0.2, 0) is 0 Å². The molecule has 0 unspecified atom stereocenters. The minimum Gasteiger partial charge on any atom is -0.497 e. The highest BCUT2D eigenvalue weighted by atomic mass is 16.5. The number of benzene rings is 1. The first-order valence-corrected chi connectivity index (χ1v) is 8.80. The van der Waals surface area contributed by atoms with Gasteiger partial charge in [0.1, 0.15) is 35.7 Å². The van der Waals surface area contributed by atoms with E-state index in [0.717, 1.165) is 18.9 Å². The van der Waals surface area contributed by atoms with Crippen LogP contribution in [0.2, 0.25) is 0 Å². The molecule has 8 nitrogen and oxygen atoms in total. The van der Waals surface area contributed by atoms with Crippen LogP contribution in [0.1, 0.15) is 23.3 Å². The molecule has 0 radical (unpaired) electrons. The highest BCUT2D eigenvalue weighted by Crippen LogP contribution is 2.20. The molecule has 0 bridgehead atoms. The van der Waals surface area contributed by atoms with Crippen molar-refractivity contribution < 1.29 is 9.53 Å². The van der Waals surface area contributed by atoms with Crippen LogP contribution in [0.4, 0.5) is 11.5 Å². The summed E-state index contributed by atoms with van der Waals surface area (Å²) < 4.78 is 6.89. The molecule has 8 heteroatoms. The Hall–Kier alpha value is -3.42. The molecule has 0 spiro atoms. The molecule has 0 aliphatic carbocycles. The Bertz CT molecular complexity index is 949. The summed E-state index contributed by atoms with van der Waals surface area (Å²) in [5.41, 5.74) is 0.950. The first kappa shape index (κ1) is 17.0. The molecule has 0 saturated carbocycles. The number of carbonyl (C=O) groups excluding carboxylic acids is 1. The minimum absolute atomic E-state index is 0.296. The number of rotatable bonds is 5. The van der Waals surface area contributed by atoms with E-state index in [1.165, 1.54) is 12.8 Å². The molecule has 1 aliphatic rings. The van der Waals surface area contributed by atoms with Crippen molar-refractivity contribution >= 4 is 17.4 Å². The maximum Gasteiger partial charge on any atom is 0.275 e. The Morgan fingerprint density at radius 3 is 2.74 bits per heavy atom. The van der Waals surface area contributed by atoms with E-state index < -0.39 is 0 Å². The molecule has 3 aromatic rings. The number of hydrogen-bond donors (Lipinski definition) is 1. The van der Waals surface area contributed by atoms with Crippen LogP contribution in [0.3, 0.4) is 0 Å². The van der Waals surface area contributed by atoms with Crippen molar-refractivity contribution in [3.8, 4) is 11.6 Å². The van der Waals surface area contributed by atoms with Gasteiger partial charge in [-0.15, -0.1) is 0 Å². The van der Waals surface area contributed by atoms with Crippen LogP contribution in [0.25, 0.3) is 5.82 Å². The van der Waals surface area contributed by atoms with Gasteiger partial charge in [0.2, 0.25) is 0 Å². The lowest BCUT2D eigenvalue weighted by Gasteiger charge is -2.16. The Morgan fingerprint density at radius 1 is 1.11 bits per heavy atom. The van der Waals surface area contributed by atoms with E-state index in [1.54, 1.807) is 42.7 Å². The average molecular weight is 364 g/mol. The summed E-state index contributed by atoms with van der Waals surface area (Å²) in [6.45, 7) is 2.02. The van der Waals surface area contributed by atoms with Crippen LogP contribution in [-0.4, -0.2) is 45.6 Å². The SMILES string of the molecule is COc1cccc(NC(=O)c2cn(-c3cc(N4CCCC4)ncn3)cn2)c1. The molecule has 3 heterocycles. The van der Waals surface area contributed by atoms with Crippen molar-refractivity contribution in [2.45, 2.75) is 12.8 Å². The molecule has 1 saturated heterocycles. The second-order valence-electron chi connectivity index (χ2n) is 6.28. The summed E-state index contributed by atoms with van der Waals surface area (Å²) >= 11 is 0. The van der Waals surface area contributed by atoms with Gasteiger partial charge in [-0.2, -0.15) is 0 Å². The molecular formula is C19H20N6O2. The van der Waals surface area contributed by atoms with Gasteiger partial charge in [0.05, 0.1) is 7.11 Å². The number of ether oxygens (including phenoxy) is 1. The fraction of sp³-hybridized carbons (Fsp3) is 0.263. The number of anilines is 2. The highest BCUT2D eigenvalue weighted by Gasteiger charge is 2.15. The monoisotopic (exact) mass is 364 g/mol. The molecule has 1 N–H and O–H groups in total. The van der Waals surface area contributed by atoms with Gasteiger partial charge in [-0.25, -0.2) is 15.0 Å². The Morgan fingerprint density at radius 2 is 1.93 bits per heavy atom. The maximum absolute atomic E-state index is 12.5. The second-order valence-corrected chi connectivity index (χ2v) is 6.28. The summed E-state index contributed by atoms with van der Waals surface area (Å²) in [6, 6.07) is 9.09. The van der Waals surface area contributed by atoms with Gasteiger partial charge in [-0.05, 0) is 25.0 Å². The van der Waals surface area contributed by atoms with Crippen LogP contribution in [0.15, 0.2) is 49.2 Å². The maximum atomic E-state index is 12.5. The van der Waals surface area contributed by atoms with E-state index in [1.807, 2.05) is 18.2 Å². The molecule has 1 aromatic carbocycles. The van der Waals surface area contributed by atoms with Crippen molar-refractivity contribution in [1.82, 2.24) is 19.5 Å². The topological polar surface area (TPSA) is 85.2 Å². The Balaban J connectivity index is 1.51. The van der Waals surface area contributed by atoms with Crippen LogP contribution in [0.5, 0.6) is 5.75 Å². The number of aromatic nitrogens is 4. The zero-order chi connectivity index (χ0) is 18.6. The Kier molecular flexibility index (Phi) is 4.69. The van der Waals surface area contributed by atoms with Gasteiger partial charge in [-0.3, -0.25) is 9.36 Å². The van der Waals surface area contributed by atoms with Crippen LogP contribution >= 0.6 is 0 Å². The molecule has 1 amide bonds. The fourth-order valence-corrected chi connectivity index (χ4v) is 3.06. The fourth-order valence-electron chi connectivity index (χ4n) is 3.06. The highest BCUT2D eigenvalue weighted by molar-refractivity contribution is 6.02. The molecule has 0 atom stereocenters. The first-order chi connectivity index (χ1) is 13.2. The van der Waals surface area contributed by atoms with Crippen LogP contribution in [0, 0.1) is 0 Å². The van der Waals surface area contributed by atoms with Crippen molar-refractivity contribution in [1.29, 1.82) is 0 Å². The van der Waals surface area contributed by atoms with Crippen molar-refractivity contribution in [3.05, 3.63) is 54.9 Å². The quantitative estimate of drug-likeness (QED) is 0.749. The van der Waals surface area contributed by atoms with Gasteiger partial charge in [0, 0.05) is 37.1 Å². The second kappa shape index (κ2) is 7.45. The third-order valence-electron chi connectivity index (χ3n) is 4.48. The third-order valence-corrected chi connectivity index (χ3v) is 4.48. The first-order valence-electron chi connectivity index (χ1n) is 8.80. The van der Waals surface area contributed by atoms with Gasteiger partial charge in [0.25, 0.3) is 5.91 Å². The largest absolute Gasteiger partial charge is 0.497 e. The van der Waals surface area contributed by atoms with Crippen molar-refractivity contribution in [2.24, 2.45) is 0 Å². The van der Waals surface area contributed by atoms with Crippen molar-refractivity contribution in [3.63, 3.8) is 0 Å². The molecule has 27 heavy (non-hydrogen) atoms. The summed E-state index contributed by atoms with van der Waals surface area (Å²) in [4.78, 5) is 27.6. The lowest BCUT2D eigenvalue weighted by atomic mass is 10.3. The van der Waals surface area contributed by atoms with E-state index in [-0.39, 0.29) is 5.91 Å². The zero-order valence-corrected chi connectivity index (χ0v) is 15.0. The summed E-state index contributed by atoms with van der Waals surface area (Å²) in [5, 5.41) is 2.82. The molecule has 1 aliphatic heterocycles. The number of imidazole rings is 1. The number of amides is 1. The van der Waals surface area contributed by atoms with E-state index in [9.17, 15) is 4.79 Å². The van der Waals surface area contributed by atoms with Gasteiger partial charge < -0.3 is 15.0 Å². The Labute approximate surface area is 156 Å². The summed E-state index contributed by atoms with van der Waals surface area (Å²) in [6.07, 6.45) is 7.14. The minimum atomic E-state index is -0.296. The van der Waals surface area contributed by atoms with Gasteiger partial charge in [0.15, 0.2) is 0 Å². The zero-order valence-electron chi connectivity index (χ0n) is 15.0. The predicted molar refractivity (Wildman–Crippen MR) is 102 cm³/mol. The van der Waals surface area contributed by atoms with Crippen LogP contribution < -0.4 is 15.0 Å². The molecule has 138 valence electrons. The van der Waals surface area contributed by atoms with E-state index in [0.29, 0.717) is 22.9 Å². The number of nitrogens with zero attached hydrogens (tertiary/aromatic N) is 5. The lowest BCUT2D eigenvalue weighted by molar-refractivity contribution is 0.102. The molecule has 2 aromatic heterocycles. The lowest BCUT2D eigenvalue weighted by Crippen LogP contribution is -2.19. The third kappa shape index (κ3) is 3.74. The summed E-state index contributed by atoms with van der Waals surface area (Å²) in [5.74, 6) is 1.96. The number of nitrogens with one attached hydrogen (secondary N) is 1. The standard InChI is InChI=1S/C19H20N6O2/c1-27-15-6-4-5-14(9-15)23-19(26)16-11-25(13-22-16)18-10-17(20-12-21-18)24-7-2-3-8-24/h4-6,9-13H,2-3,7-8H2,1H3,(H,23,26). The molecule has 4 rings (SSSR count). The smallest absolute Gasteiger partial charge is 0.275 e. The van der Waals surface area contributed by atoms with E-state index in [2.05, 4.69) is 25.2 Å². The van der Waals surface area contributed by atoms with Gasteiger partial charge in [-0.1, -0.05) is 6.07 Å². The van der Waals surface area contributed by atoms with Gasteiger partial charge >= 0.3 is 0 Å². The van der Waals surface area contributed by atoms with E-state index >= 15 is 0 Å². The molecular weight excluding hydrogens is 344 g/mol. The number of hydrogen-bond acceptors (Lipinski definition) is 6. The normalized spacial score (nSPS) is 13.6. The average Bonchev–Trinajstić information content (AvgIpc) is 3.40. The van der Waals surface area contributed by atoms with Crippen molar-refractivity contribution in [2.75, 3.05) is 30.4 Å². The van der Waals surface area contributed by atoms with E-state index in [4.69, 9.17) is 4.74 Å². The summed E-state index contributed by atoms with van der Waals surface area (Å²) in [7, 11) is 1.58. The number of carbonyl (C=O) groups is 1. The predicted octanol–water partition coefficient (Wildman–Crippen LogP) is 2.52. The molecule has 1 fully saturated rings. The number of methoxy groups -OCH3 is 1.